The first-order valence-corrected chi connectivity index (χ1v) is 8.31. The average molecular weight is 280 g/mol. The van der Waals surface area contributed by atoms with Gasteiger partial charge in [-0.2, -0.15) is 0 Å². The molecule has 0 bridgehead atoms. The second-order valence-corrected chi connectivity index (χ2v) is 7.90. The molecule has 1 aromatic heterocycles. The average Bonchev–Trinajstić information content (AvgIpc) is 2.79. The fraction of sp³-hybridized carbons (Fsp3) is 0.750. The molecule has 0 aliphatic carbocycles. The lowest BCUT2D eigenvalue weighted by Crippen LogP contribution is -2.44. The number of fused-ring (bicyclic) bond motifs is 1. The van der Waals surface area contributed by atoms with E-state index >= 15 is 0 Å². The third-order valence-electron chi connectivity index (χ3n) is 4.02. The van der Waals surface area contributed by atoms with Gasteiger partial charge in [0, 0.05) is 36.6 Å². The molecule has 3 heteroatoms. The van der Waals surface area contributed by atoms with Crippen LogP contribution in [0.3, 0.4) is 0 Å². The molecule has 0 saturated carbocycles. The van der Waals surface area contributed by atoms with E-state index in [0.29, 0.717) is 17.5 Å². The van der Waals surface area contributed by atoms with Crippen molar-refractivity contribution in [3.05, 3.63) is 21.9 Å². The van der Waals surface area contributed by atoms with E-state index in [9.17, 15) is 0 Å². The summed E-state index contributed by atoms with van der Waals surface area (Å²) in [5, 5.41) is 5.83. The molecule has 0 aromatic carbocycles. The summed E-state index contributed by atoms with van der Waals surface area (Å²) in [4.78, 5) is 4.25. The summed E-state index contributed by atoms with van der Waals surface area (Å²) in [5.74, 6) is 0. The van der Waals surface area contributed by atoms with Gasteiger partial charge in [-0.1, -0.05) is 27.7 Å². The van der Waals surface area contributed by atoms with E-state index in [1.165, 1.54) is 19.5 Å². The monoisotopic (exact) mass is 280 g/mol. The number of hydrogen-bond acceptors (Lipinski definition) is 3. The highest BCUT2D eigenvalue weighted by Gasteiger charge is 2.29. The topological polar surface area (TPSA) is 15.3 Å². The Kier molecular flexibility index (Phi) is 4.70. The van der Waals surface area contributed by atoms with Crippen LogP contribution < -0.4 is 5.32 Å². The predicted molar refractivity (Wildman–Crippen MR) is 84.9 cm³/mol. The maximum Gasteiger partial charge on any atom is 0.0331 e. The lowest BCUT2D eigenvalue weighted by atomic mass is 9.90. The number of nitrogens with zero attached hydrogens (tertiary/aromatic N) is 1. The molecule has 108 valence electrons. The summed E-state index contributed by atoms with van der Waals surface area (Å²) in [5.41, 5.74) is 1.88. The number of rotatable bonds is 5. The van der Waals surface area contributed by atoms with Crippen molar-refractivity contribution in [2.24, 2.45) is 5.41 Å². The molecule has 1 N–H and O–H groups in total. The van der Waals surface area contributed by atoms with Gasteiger partial charge < -0.3 is 5.32 Å². The van der Waals surface area contributed by atoms with Crippen molar-refractivity contribution in [3.63, 3.8) is 0 Å². The largest absolute Gasteiger partial charge is 0.314 e. The van der Waals surface area contributed by atoms with Gasteiger partial charge >= 0.3 is 0 Å². The van der Waals surface area contributed by atoms with E-state index in [4.69, 9.17) is 0 Å². The minimum Gasteiger partial charge on any atom is -0.314 e. The zero-order valence-corrected chi connectivity index (χ0v) is 13.8. The normalized spacial score (nSPS) is 20.8. The Morgan fingerprint density at radius 3 is 2.89 bits per heavy atom. The maximum atomic E-state index is 3.58. The molecular formula is C16H28N2S. The van der Waals surface area contributed by atoms with Crippen molar-refractivity contribution in [2.45, 2.75) is 53.1 Å². The van der Waals surface area contributed by atoms with Crippen LogP contribution in [0.25, 0.3) is 0 Å². The van der Waals surface area contributed by atoms with Crippen LogP contribution in [0, 0.1) is 5.41 Å². The van der Waals surface area contributed by atoms with E-state index in [1.807, 2.05) is 11.3 Å². The molecule has 1 atom stereocenters. The van der Waals surface area contributed by atoms with Crippen LogP contribution in [0.1, 0.15) is 51.1 Å². The second kappa shape index (κ2) is 5.94. The Bertz CT molecular complexity index is 409. The molecule has 0 spiro atoms. The Hall–Kier alpha value is -0.380. The van der Waals surface area contributed by atoms with Crippen molar-refractivity contribution in [1.29, 1.82) is 0 Å². The highest BCUT2D eigenvalue weighted by Crippen LogP contribution is 2.34. The zero-order chi connectivity index (χ0) is 14.0. The first kappa shape index (κ1) is 15.0. The lowest BCUT2D eigenvalue weighted by Gasteiger charge is -2.39. The number of hydrogen-bond donors (Lipinski definition) is 1. The third-order valence-corrected chi connectivity index (χ3v) is 5.02. The fourth-order valence-electron chi connectivity index (χ4n) is 2.86. The fourth-order valence-corrected chi connectivity index (χ4v) is 3.83. The standard InChI is InChI=1S/C16H28N2S/c1-12(2)17-10-16(4,5)11-18-8-6-15-14(13(18)3)7-9-19-15/h7,9,12-13,17H,6,8,10-11H2,1-5H3. The summed E-state index contributed by atoms with van der Waals surface area (Å²) in [6, 6.07) is 3.46. The molecule has 0 radical (unpaired) electrons. The summed E-state index contributed by atoms with van der Waals surface area (Å²) in [6.45, 7) is 15.0. The quantitative estimate of drug-likeness (QED) is 0.885. The van der Waals surface area contributed by atoms with Crippen molar-refractivity contribution < 1.29 is 0 Å². The highest BCUT2D eigenvalue weighted by molar-refractivity contribution is 7.10. The van der Waals surface area contributed by atoms with Crippen molar-refractivity contribution in [2.75, 3.05) is 19.6 Å². The molecule has 0 fully saturated rings. The van der Waals surface area contributed by atoms with E-state index in [2.05, 4.69) is 56.3 Å². The molecule has 1 unspecified atom stereocenters. The summed E-state index contributed by atoms with van der Waals surface area (Å²) in [6.07, 6.45) is 1.23. The van der Waals surface area contributed by atoms with Gasteiger partial charge in [0.05, 0.1) is 0 Å². The van der Waals surface area contributed by atoms with Gasteiger partial charge in [0.2, 0.25) is 0 Å². The van der Waals surface area contributed by atoms with Crippen molar-refractivity contribution in [1.82, 2.24) is 10.2 Å². The van der Waals surface area contributed by atoms with E-state index in [-0.39, 0.29) is 0 Å². The Balaban J connectivity index is 1.96. The summed E-state index contributed by atoms with van der Waals surface area (Å²) < 4.78 is 0. The van der Waals surface area contributed by atoms with E-state index < -0.39 is 0 Å². The van der Waals surface area contributed by atoms with Gasteiger partial charge in [-0.05, 0) is 35.8 Å². The van der Waals surface area contributed by atoms with Gasteiger partial charge in [-0.15, -0.1) is 11.3 Å². The zero-order valence-electron chi connectivity index (χ0n) is 13.0. The maximum absolute atomic E-state index is 3.58. The molecule has 2 heterocycles. The number of thiophene rings is 1. The van der Waals surface area contributed by atoms with Crippen molar-refractivity contribution >= 4 is 11.3 Å². The molecule has 0 saturated heterocycles. The van der Waals surface area contributed by atoms with Gasteiger partial charge in [0.25, 0.3) is 0 Å². The Morgan fingerprint density at radius 2 is 2.21 bits per heavy atom. The summed E-state index contributed by atoms with van der Waals surface area (Å²) in [7, 11) is 0. The third kappa shape index (κ3) is 3.80. The Morgan fingerprint density at radius 1 is 1.47 bits per heavy atom. The van der Waals surface area contributed by atoms with Gasteiger partial charge in [0.15, 0.2) is 0 Å². The predicted octanol–water partition coefficient (Wildman–Crippen LogP) is 3.69. The molecule has 1 aliphatic heterocycles. The molecule has 1 aromatic rings. The SMILES string of the molecule is CC(C)NCC(C)(C)CN1CCc2sccc2C1C. The molecule has 19 heavy (non-hydrogen) atoms. The minimum atomic E-state index is 0.325. The minimum absolute atomic E-state index is 0.325. The van der Waals surface area contributed by atoms with E-state index in [1.54, 1.807) is 10.4 Å². The lowest BCUT2D eigenvalue weighted by molar-refractivity contribution is 0.126. The second-order valence-electron chi connectivity index (χ2n) is 6.90. The van der Waals surface area contributed by atoms with Gasteiger partial charge in [-0.25, -0.2) is 0 Å². The molecule has 1 aliphatic rings. The van der Waals surface area contributed by atoms with Crippen LogP contribution in [-0.4, -0.2) is 30.6 Å². The first-order valence-electron chi connectivity index (χ1n) is 7.43. The van der Waals surface area contributed by atoms with Crippen LogP contribution >= 0.6 is 11.3 Å². The first-order chi connectivity index (χ1) is 8.89. The smallest absolute Gasteiger partial charge is 0.0331 e. The molecule has 2 rings (SSSR count). The van der Waals surface area contributed by atoms with Crippen LogP contribution in [0.2, 0.25) is 0 Å². The van der Waals surface area contributed by atoms with Crippen molar-refractivity contribution in [3.8, 4) is 0 Å². The summed E-state index contributed by atoms with van der Waals surface area (Å²) >= 11 is 1.92. The van der Waals surface area contributed by atoms with Crippen LogP contribution in [0.4, 0.5) is 0 Å². The molecule has 0 amide bonds. The van der Waals surface area contributed by atoms with Gasteiger partial charge in [0.1, 0.15) is 0 Å². The Labute approximate surface area is 122 Å². The van der Waals surface area contributed by atoms with Crippen LogP contribution in [0.5, 0.6) is 0 Å². The number of nitrogens with one attached hydrogen (secondary N) is 1. The van der Waals surface area contributed by atoms with E-state index in [0.717, 1.165) is 6.54 Å². The van der Waals surface area contributed by atoms with Crippen LogP contribution in [-0.2, 0) is 6.42 Å². The highest BCUT2D eigenvalue weighted by atomic mass is 32.1. The van der Waals surface area contributed by atoms with Gasteiger partial charge in [-0.3, -0.25) is 4.90 Å². The molecular weight excluding hydrogens is 252 g/mol. The van der Waals surface area contributed by atoms with Crippen LogP contribution in [0.15, 0.2) is 11.4 Å². The molecule has 2 nitrogen and oxygen atoms in total.